The molecular formula is C24H21NO5. The summed E-state index contributed by atoms with van der Waals surface area (Å²) in [4.78, 5) is 29.1. The van der Waals surface area contributed by atoms with Crippen molar-refractivity contribution in [2.24, 2.45) is 0 Å². The number of para-hydroxylation sites is 1. The van der Waals surface area contributed by atoms with Crippen LogP contribution < -0.4 is 4.74 Å². The van der Waals surface area contributed by atoms with E-state index in [9.17, 15) is 9.59 Å². The maximum Gasteiger partial charge on any atom is 0.344 e. The van der Waals surface area contributed by atoms with Crippen molar-refractivity contribution >= 4 is 34.5 Å². The van der Waals surface area contributed by atoms with Gasteiger partial charge in [0.15, 0.2) is 6.61 Å². The molecule has 2 aromatic carbocycles. The summed E-state index contributed by atoms with van der Waals surface area (Å²) < 4.78 is 15.0. The van der Waals surface area contributed by atoms with E-state index in [1.165, 1.54) is 7.11 Å². The Bertz CT molecular complexity index is 1150. The highest BCUT2D eigenvalue weighted by atomic mass is 16.6. The Hall–Kier alpha value is -3.67. The molecule has 0 radical (unpaired) electrons. The van der Waals surface area contributed by atoms with E-state index in [1.54, 1.807) is 7.11 Å². The lowest BCUT2D eigenvalue weighted by Gasteiger charge is -2.12. The third-order valence-electron chi connectivity index (χ3n) is 5.15. The molecule has 3 aromatic rings. The number of nitrogens with zero attached hydrogens (tertiary/aromatic N) is 1. The molecule has 6 heteroatoms. The molecule has 0 bridgehead atoms. The van der Waals surface area contributed by atoms with Crippen molar-refractivity contribution < 1.29 is 23.8 Å². The van der Waals surface area contributed by atoms with Crippen molar-refractivity contribution in [2.45, 2.75) is 12.8 Å². The van der Waals surface area contributed by atoms with Crippen LogP contribution in [0.5, 0.6) is 5.75 Å². The predicted octanol–water partition coefficient (Wildman–Crippen LogP) is 4.06. The topological polar surface area (TPSA) is 74.7 Å². The quantitative estimate of drug-likeness (QED) is 0.598. The second-order valence-corrected chi connectivity index (χ2v) is 6.93. The number of allylic oxidation sites excluding steroid dienone is 1. The van der Waals surface area contributed by atoms with Crippen LogP contribution in [-0.2, 0) is 20.7 Å². The van der Waals surface area contributed by atoms with E-state index < -0.39 is 18.5 Å². The molecule has 0 saturated carbocycles. The SMILES string of the molecule is COC(=O)COC(=O)c1c2c(nc3ccccc13)/C(=C/c1ccc(OC)cc1)CC2. The van der Waals surface area contributed by atoms with Crippen LogP contribution in [-0.4, -0.2) is 37.7 Å². The van der Waals surface area contributed by atoms with Crippen LogP contribution in [0.2, 0.25) is 0 Å². The van der Waals surface area contributed by atoms with Crippen molar-refractivity contribution in [3.63, 3.8) is 0 Å². The number of methoxy groups -OCH3 is 2. The molecule has 0 aliphatic heterocycles. The minimum atomic E-state index is -0.599. The molecule has 0 spiro atoms. The van der Waals surface area contributed by atoms with Crippen LogP contribution >= 0.6 is 0 Å². The predicted molar refractivity (Wildman–Crippen MR) is 113 cm³/mol. The fourth-order valence-corrected chi connectivity index (χ4v) is 3.67. The average Bonchev–Trinajstić information content (AvgIpc) is 3.18. The molecule has 1 aliphatic rings. The zero-order valence-corrected chi connectivity index (χ0v) is 16.8. The third-order valence-corrected chi connectivity index (χ3v) is 5.15. The number of ether oxygens (including phenoxy) is 3. The van der Waals surface area contributed by atoms with Gasteiger partial charge >= 0.3 is 11.9 Å². The second-order valence-electron chi connectivity index (χ2n) is 6.93. The molecule has 0 saturated heterocycles. The molecule has 0 fully saturated rings. The summed E-state index contributed by atoms with van der Waals surface area (Å²) >= 11 is 0. The summed E-state index contributed by atoms with van der Waals surface area (Å²) in [5.41, 5.74) is 4.92. The number of carbonyl (C=O) groups excluding carboxylic acids is 2. The monoisotopic (exact) mass is 403 g/mol. The number of fused-ring (bicyclic) bond motifs is 2. The Morgan fingerprint density at radius 1 is 1.03 bits per heavy atom. The van der Waals surface area contributed by atoms with Crippen molar-refractivity contribution in [2.75, 3.05) is 20.8 Å². The number of hydrogen-bond donors (Lipinski definition) is 0. The Labute approximate surface area is 174 Å². The lowest BCUT2D eigenvalue weighted by Crippen LogP contribution is -2.17. The number of hydrogen-bond acceptors (Lipinski definition) is 6. The van der Waals surface area contributed by atoms with Crippen molar-refractivity contribution in [1.82, 2.24) is 4.98 Å². The lowest BCUT2D eigenvalue weighted by molar-refractivity contribution is -0.144. The number of aromatic nitrogens is 1. The maximum absolute atomic E-state index is 12.9. The Morgan fingerprint density at radius 2 is 1.80 bits per heavy atom. The first-order valence-corrected chi connectivity index (χ1v) is 9.61. The maximum atomic E-state index is 12.9. The van der Waals surface area contributed by atoms with Crippen LogP contribution in [0, 0.1) is 0 Å². The van der Waals surface area contributed by atoms with Gasteiger partial charge in [0.25, 0.3) is 0 Å². The smallest absolute Gasteiger partial charge is 0.344 e. The van der Waals surface area contributed by atoms with Crippen LogP contribution in [0.4, 0.5) is 0 Å². The van der Waals surface area contributed by atoms with E-state index in [0.717, 1.165) is 40.0 Å². The zero-order valence-electron chi connectivity index (χ0n) is 16.8. The van der Waals surface area contributed by atoms with Gasteiger partial charge in [-0.15, -0.1) is 0 Å². The third kappa shape index (κ3) is 3.76. The fourth-order valence-electron chi connectivity index (χ4n) is 3.67. The normalized spacial score (nSPS) is 13.9. The minimum absolute atomic E-state index is 0.421. The first-order valence-electron chi connectivity index (χ1n) is 9.61. The largest absolute Gasteiger partial charge is 0.497 e. The van der Waals surface area contributed by atoms with Crippen LogP contribution in [0.3, 0.4) is 0 Å². The summed E-state index contributed by atoms with van der Waals surface area (Å²) in [7, 11) is 2.89. The Balaban J connectivity index is 1.77. The molecule has 0 atom stereocenters. The van der Waals surface area contributed by atoms with Gasteiger partial charge in [-0.05, 0) is 53.8 Å². The average molecular weight is 403 g/mol. The van der Waals surface area contributed by atoms with E-state index >= 15 is 0 Å². The number of carbonyl (C=O) groups is 2. The minimum Gasteiger partial charge on any atom is -0.497 e. The number of benzene rings is 2. The molecular weight excluding hydrogens is 382 g/mol. The molecule has 1 aromatic heterocycles. The van der Waals surface area contributed by atoms with Gasteiger partial charge in [-0.1, -0.05) is 30.3 Å². The van der Waals surface area contributed by atoms with Gasteiger partial charge in [0.05, 0.1) is 31.0 Å². The Morgan fingerprint density at radius 3 is 2.53 bits per heavy atom. The van der Waals surface area contributed by atoms with Gasteiger partial charge in [0.2, 0.25) is 0 Å². The van der Waals surface area contributed by atoms with E-state index in [0.29, 0.717) is 17.5 Å². The molecule has 6 nitrogen and oxygen atoms in total. The molecule has 4 rings (SSSR count). The first kappa shape index (κ1) is 19.6. The first-order chi connectivity index (χ1) is 14.6. The van der Waals surface area contributed by atoms with E-state index in [2.05, 4.69) is 10.8 Å². The van der Waals surface area contributed by atoms with Crippen molar-refractivity contribution in [3.8, 4) is 5.75 Å². The van der Waals surface area contributed by atoms with E-state index in [1.807, 2.05) is 48.5 Å². The van der Waals surface area contributed by atoms with Gasteiger partial charge < -0.3 is 14.2 Å². The van der Waals surface area contributed by atoms with Crippen molar-refractivity contribution in [1.29, 1.82) is 0 Å². The molecule has 152 valence electrons. The summed E-state index contributed by atoms with van der Waals surface area (Å²) in [6.07, 6.45) is 3.52. The lowest BCUT2D eigenvalue weighted by atomic mass is 10.0. The van der Waals surface area contributed by atoms with Gasteiger partial charge in [0, 0.05) is 5.39 Å². The molecule has 0 unspecified atom stereocenters. The van der Waals surface area contributed by atoms with Gasteiger partial charge in [-0.2, -0.15) is 0 Å². The molecule has 0 amide bonds. The van der Waals surface area contributed by atoms with Crippen molar-refractivity contribution in [3.05, 3.63) is 70.9 Å². The summed E-state index contributed by atoms with van der Waals surface area (Å²) in [5, 5.41) is 0.719. The van der Waals surface area contributed by atoms with Crippen LogP contribution in [0.1, 0.15) is 33.6 Å². The van der Waals surface area contributed by atoms with E-state index in [4.69, 9.17) is 14.5 Å². The van der Waals surface area contributed by atoms with Gasteiger partial charge in [0.1, 0.15) is 5.75 Å². The second kappa shape index (κ2) is 8.37. The zero-order chi connectivity index (χ0) is 21.1. The highest BCUT2D eigenvalue weighted by Crippen LogP contribution is 2.37. The molecule has 1 heterocycles. The van der Waals surface area contributed by atoms with Gasteiger partial charge in [-0.3, -0.25) is 0 Å². The summed E-state index contributed by atoms with van der Waals surface area (Å²) in [6.45, 7) is -0.421. The molecule has 1 aliphatic carbocycles. The van der Waals surface area contributed by atoms with Crippen LogP contribution in [0.15, 0.2) is 48.5 Å². The highest BCUT2D eigenvalue weighted by molar-refractivity contribution is 6.07. The standard InChI is InChI=1S/C24H21NO5/c1-28-17-10-7-15(8-11-17)13-16-9-12-19-22(24(27)30-14-21(26)29-2)18-5-3-4-6-20(18)25-23(16)19/h3-8,10-11,13H,9,12,14H2,1-2H3/b16-13+. The highest BCUT2D eigenvalue weighted by Gasteiger charge is 2.28. The Kier molecular flexibility index (Phi) is 5.48. The van der Waals surface area contributed by atoms with Crippen LogP contribution in [0.25, 0.3) is 22.6 Å². The fraction of sp³-hybridized carbons (Fsp3) is 0.208. The number of rotatable bonds is 5. The number of esters is 2. The number of pyridine rings is 1. The van der Waals surface area contributed by atoms with E-state index in [-0.39, 0.29) is 0 Å². The van der Waals surface area contributed by atoms with Gasteiger partial charge in [-0.25, -0.2) is 14.6 Å². The molecule has 30 heavy (non-hydrogen) atoms. The molecule has 0 N–H and O–H groups in total. The summed E-state index contributed by atoms with van der Waals surface area (Å²) in [6, 6.07) is 15.2. The summed E-state index contributed by atoms with van der Waals surface area (Å²) in [5.74, 6) is -0.344.